The van der Waals surface area contributed by atoms with Crippen LogP contribution >= 0.6 is 0 Å². The summed E-state index contributed by atoms with van der Waals surface area (Å²) in [5, 5.41) is 8.75. The molecule has 0 saturated carbocycles. The zero-order chi connectivity index (χ0) is 20.1. The molecule has 0 atom stereocenters. The lowest BCUT2D eigenvalue weighted by molar-refractivity contribution is -0.142. The van der Waals surface area contributed by atoms with Crippen LogP contribution in [0.15, 0.2) is 18.2 Å². The Morgan fingerprint density at radius 2 is 1.74 bits per heavy atom. The first-order valence-electron chi connectivity index (χ1n) is 8.79. The molecule has 1 N–H and O–H groups in total. The number of hydrogen-bond donors (Lipinski definition) is 1. The van der Waals surface area contributed by atoms with Crippen molar-refractivity contribution < 1.29 is 33.6 Å². The van der Waals surface area contributed by atoms with Crippen LogP contribution in [0.3, 0.4) is 0 Å². The number of methoxy groups -OCH3 is 3. The summed E-state index contributed by atoms with van der Waals surface area (Å²) in [6.07, 6.45) is 0.945. The monoisotopic (exact) mass is 383 g/mol. The van der Waals surface area contributed by atoms with E-state index in [0.29, 0.717) is 31.1 Å². The molecule has 0 unspecified atom stereocenters. The van der Waals surface area contributed by atoms with Gasteiger partial charge in [-0.15, -0.1) is 0 Å². The molecular weight excluding hydrogens is 354 g/mol. The number of hydrogen-bond acceptors (Lipinski definition) is 7. The normalized spacial score (nSPS) is 10.4. The average Bonchev–Trinajstić information content (AvgIpc) is 2.70. The van der Waals surface area contributed by atoms with Crippen LogP contribution in [0, 0.1) is 0 Å². The van der Waals surface area contributed by atoms with Gasteiger partial charge in [0.05, 0.1) is 47.6 Å². The van der Waals surface area contributed by atoms with Crippen molar-refractivity contribution in [1.29, 1.82) is 0 Å². The highest BCUT2D eigenvalue weighted by Gasteiger charge is 2.16. The van der Waals surface area contributed by atoms with Gasteiger partial charge in [-0.1, -0.05) is 6.07 Å². The van der Waals surface area contributed by atoms with Crippen LogP contribution in [0.5, 0.6) is 11.5 Å². The predicted molar refractivity (Wildman–Crippen MR) is 99.0 cm³/mol. The van der Waals surface area contributed by atoms with Gasteiger partial charge in [0, 0.05) is 19.5 Å². The van der Waals surface area contributed by atoms with Crippen LogP contribution in [0.25, 0.3) is 0 Å². The van der Waals surface area contributed by atoms with Gasteiger partial charge in [0.25, 0.3) is 0 Å². The smallest absolute Gasteiger partial charge is 0.307 e. The van der Waals surface area contributed by atoms with Crippen LogP contribution in [0.4, 0.5) is 0 Å². The molecular formula is C19H29NO7. The minimum atomic E-state index is -0.371. The van der Waals surface area contributed by atoms with E-state index in [4.69, 9.17) is 19.3 Å². The number of carbonyl (C=O) groups excluding carboxylic acids is 2. The molecule has 0 saturated heterocycles. The lowest BCUT2D eigenvalue weighted by Gasteiger charge is -2.22. The highest BCUT2D eigenvalue weighted by Crippen LogP contribution is 2.28. The quantitative estimate of drug-likeness (QED) is 0.402. The van der Waals surface area contributed by atoms with Crippen molar-refractivity contribution in [2.45, 2.75) is 19.3 Å². The Morgan fingerprint density at radius 1 is 1.00 bits per heavy atom. The first-order chi connectivity index (χ1) is 13.0. The van der Waals surface area contributed by atoms with Crippen molar-refractivity contribution in [3.63, 3.8) is 0 Å². The van der Waals surface area contributed by atoms with Crippen LogP contribution in [0.2, 0.25) is 0 Å². The zero-order valence-electron chi connectivity index (χ0n) is 16.2. The van der Waals surface area contributed by atoms with Crippen molar-refractivity contribution in [2.24, 2.45) is 0 Å². The molecule has 1 rings (SSSR count). The first kappa shape index (κ1) is 22.7. The summed E-state index contributed by atoms with van der Waals surface area (Å²) in [5.74, 6) is 0.793. The summed E-state index contributed by atoms with van der Waals surface area (Å²) in [6.45, 7) is 1.05. The second kappa shape index (κ2) is 12.9. The van der Waals surface area contributed by atoms with E-state index >= 15 is 0 Å². The van der Waals surface area contributed by atoms with E-state index in [1.807, 2.05) is 12.1 Å². The Balaban J connectivity index is 2.63. The number of aliphatic hydroxyl groups excluding tert-OH is 1. The van der Waals surface area contributed by atoms with E-state index in [1.165, 1.54) is 7.11 Å². The van der Waals surface area contributed by atoms with Crippen LogP contribution in [-0.4, -0.2) is 76.1 Å². The molecule has 27 heavy (non-hydrogen) atoms. The Kier molecular flexibility index (Phi) is 10.9. The zero-order valence-corrected chi connectivity index (χ0v) is 16.2. The molecule has 1 aromatic carbocycles. The molecule has 152 valence electrons. The molecule has 0 radical (unpaired) electrons. The molecule has 0 aromatic heterocycles. The van der Waals surface area contributed by atoms with Gasteiger partial charge in [-0.2, -0.15) is 0 Å². The number of carbonyl (C=O) groups is 2. The van der Waals surface area contributed by atoms with Crippen molar-refractivity contribution in [3.8, 4) is 11.5 Å². The number of amides is 1. The van der Waals surface area contributed by atoms with Crippen LogP contribution < -0.4 is 9.47 Å². The highest BCUT2D eigenvalue weighted by atomic mass is 16.5. The van der Waals surface area contributed by atoms with Gasteiger partial charge in [-0.05, 0) is 24.1 Å². The lowest BCUT2D eigenvalue weighted by Crippen LogP contribution is -2.36. The van der Waals surface area contributed by atoms with Gasteiger partial charge in [0.2, 0.25) is 5.91 Å². The van der Waals surface area contributed by atoms with Crippen molar-refractivity contribution >= 4 is 11.9 Å². The number of aryl methyl sites for hydroxylation is 1. The molecule has 1 aromatic rings. The molecule has 0 fully saturated rings. The summed E-state index contributed by atoms with van der Waals surface area (Å²) >= 11 is 0. The maximum absolute atomic E-state index is 12.6. The van der Waals surface area contributed by atoms with Gasteiger partial charge in [-0.25, -0.2) is 0 Å². The van der Waals surface area contributed by atoms with Gasteiger partial charge in [-0.3, -0.25) is 9.59 Å². The topological polar surface area (TPSA) is 94.5 Å². The Bertz CT molecular complexity index is 591. The molecule has 0 aliphatic carbocycles. The highest BCUT2D eigenvalue weighted by molar-refractivity contribution is 5.77. The number of benzene rings is 1. The van der Waals surface area contributed by atoms with E-state index in [1.54, 1.807) is 25.2 Å². The molecule has 0 aliphatic heterocycles. The minimum Gasteiger partial charge on any atom is -0.493 e. The number of aliphatic hydroxyl groups is 1. The summed E-state index contributed by atoms with van der Waals surface area (Å²) in [5.41, 5.74) is 0.949. The number of nitrogens with zero attached hydrogens (tertiary/aromatic N) is 1. The molecule has 0 aliphatic rings. The van der Waals surface area contributed by atoms with Gasteiger partial charge < -0.3 is 29.0 Å². The molecule has 1 amide bonds. The fourth-order valence-electron chi connectivity index (χ4n) is 2.48. The molecule has 8 heteroatoms. The Morgan fingerprint density at radius 3 is 2.37 bits per heavy atom. The minimum absolute atomic E-state index is 0.0740. The predicted octanol–water partition coefficient (Wildman–Crippen LogP) is 1.04. The third-order valence-electron chi connectivity index (χ3n) is 3.98. The fraction of sp³-hybridized carbons (Fsp3) is 0.579. The van der Waals surface area contributed by atoms with Crippen LogP contribution in [0.1, 0.15) is 18.4 Å². The first-order valence-corrected chi connectivity index (χ1v) is 8.79. The SMILES string of the molecule is COC(=O)CCN(CCOCCO)C(=O)CCc1ccc(OC)c(OC)c1. The summed E-state index contributed by atoms with van der Waals surface area (Å²) < 4.78 is 20.3. The summed E-state index contributed by atoms with van der Waals surface area (Å²) in [4.78, 5) is 25.5. The van der Waals surface area contributed by atoms with Crippen LogP contribution in [-0.2, 0) is 25.5 Å². The second-order valence-corrected chi connectivity index (χ2v) is 5.73. The van der Waals surface area contributed by atoms with E-state index in [-0.39, 0.29) is 44.5 Å². The Hall–Kier alpha value is -2.32. The van der Waals surface area contributed by atoms with E-state index in [0.717, 1.165) is 5.56 Å². The summed E-state index contributed by atoms with van der Waals surface area (Å²) in [7, 11) is 4.45. The molecule has 0 spiro atoms. The third kappa shape index (κ3) is 8.27. The van der Waals surface area contributed by atoms with Gasteiger partial charge in [0.15, 0.2) is 11.5 Å². The van der Waals surface area contributed by atoms with Crippen molar-refractivity contribution in [2.75, 3.05) is 54.2 Å². The number of esters is 1. The summed E-state index contributed by atoms with van der Waals surface area (Å²) in [6, 6.07) is 5.53. The van der Waals surface area contributed by atoms with Gasteiger partial charge in [0.1, 0.15) is 0 Å². The molecule has 0 bridgehead atoms. The third-order valence-corrected chi connectivity index (χ3v) is 3.98. The van der Waals surface area contributed by atoms with Gasteiger partial charge >= 0.3 is 5.97 Å². The lowest BCUT2D eigenvalue weighted by atomic mass is 10.1. The second-order valence-electron chi connectivity index (χ2n) is 5.73. The molecule has 8 nitrogen and oxygen atoms in total. The Labute approximate surface area is 160 Å². The number of ether oxygens (including phenoxy) is 4. The van der Waals surface area contributed by atoms with E-state index < -0.39 is 0 Å². The van der Waals surface area contributed by atoms with E-state index in [9.17, 15) is 9.59 Å². The average molecular weight is 383 g/mol. The standard InChI is InChI=1S/C19H29NO7/c1-24-16-6-4-15(14-17(16)25-2)5-7-18(22)20(9-8-19(23)26-3)10-12-27-13-11-21/h4,6,14,21H,5,7-13H2,1-3H3. The van der Waals surface area contributed by atoms with Crippen molar-refractivity contribution in [3.05, 3.63) is 23.8 Å². The van der Waals surface area contributed by atoms with E-state index in [2.05, 4.69) is 4.74 Å². The largest absolute Gasteiger partial charge is 0.493 e. The number of rotatable bonds is 13. The fourth-order valence-corrected chi connectivity index (χ4v) is 2.48. The molecule has 0 heterocycles. The maximum atomic E-state index is 12.6. The van der Waals surface area contributed by atoms with Crippen molar-refractivity contribution in [1.82, 2.24) is 4.90 Å². The maximum Gasteiger partial charge on any atom is 0.307 e.